The number of thiocarbonyl (C=S) groups is 1. The van der Waals surface area contributed by atoms with Crippen LogP contribution in [0.1, 0.15) is 17.7 Å². The number of amides is 2. The van der Waals surface area contributed by atoms with Gasteiger partial charge in [0.1, 0.15) is 10.1 Å². The molecule has 0 aliphatic carbocycles. The number of carbonyl (C=O) groups excluding carboxylic acids is 2. The Morgan fingerprint density at radius 1 is 1.41 bits per heavy atom. The molecule has 9 heteroatoms. The fourth-order valence-electron chi connectivity index (χ4n) is 2.43. The predicted octanol–water partition coefficient (Wildman–Crippen LogP) is 3.69. The van der Waals surface area contributed by atoms with E-state index in [9.17, 15) is 9.59 Å². The molecule has 2 heterocycles. The molecular formula is C18H17N3O3S3. The summed E-state index contributed by atoms with van der Waals surface area (Å²) in [7, 11) is 1.58. The molecule has 3 rings (SSSR count). The van der Waals surface area contributed by atoms with Crippen molar-refractivity contribution in [1.29, 1.82) is 0 Å². The number of hydrogen-bond acceptors (Lipinski definition) is 7. The van der Waals surface area contributed by atoms with Gasteiger partial charge in [-0.2, -0.15) is 0 Å². The Balaban J connectivity index is 1.64. The van der Waals surface area contributed by atoms with Gasteiger partial charge < -0.3 is 10.1 Å². The number of ether oxygens (including phenoxy) is 1. The van der Waals surface area contributed by atoms with E-state index < -0.39 is 0 Å². The van der Waals surface area contributed by atoms with Crippen LogP contribution in [0.25, 0.3) is 6.08 Å². The van der Waals surface area contributed by atoms with Gasteiger partial charge in [-0.05, 0) is 19.1 Å². The Labute approximate surface area is 170 Å². The average molecular weight is 420 g/mol. The Hall–Kier alpha value is -2.23. The van der Waals surface area contributed by atoms with Crippen LogP contribution in [0.4, 0.5) is 5.13 Å². The number of para-hydroxylation sites is 1. The summed E-state index contributed by atoms with van der Waals surface area (Å²) >= 11 is 7.90. The molecule has 1 N–H and O–H groups in total. The normalized spacial score (nSPS) is 15.5. The molecule has 1 fully saturated rings. The lowest BCUT2D eigenvalue weighted by atomic mass is 10.2. The molecule has 2 amide bonds. The first kappa shape index (κ1) is 19.5. The van der Waals surface area contributed by atoms with Crippen molar-refractivity contribution in [2.45, 2.75) is 13.3 Å². The number of aryl methyl sites for hydroxylation is 1. The molecule has 1 aromatic heterocycles. The molecule has 1 aliphatic heterocycles. The molecule has 0 radical (unpaired) electrons. The van der Waals surface area contributed by atoms with Crippen molar-refractivity contribution in [3.63, 3.8) is 0 Å². The third-order valence-corrected chi connectivity index (χ3v) is 5.98. The van der Waals surface area contributed by atoms with Crippen molar-refractivity contribution in [3.05, 3.63) is 45.8 Å². The average Bonchev–Trinajstić information content (AvgIpc) is 3.16. The lowest BCUT2D eigenvalue weighted by Gasteiger charge is -2.13. The van der Waals surface area contributed by atoms with E-state index in [0.29, 0.717) is 20.1 Å². The summed E-state index contributed by atoms with van der Waals surface area (Å²) in [5.74, 6) is 0.279. The summed E-state index contributed by atoms with van der Waals surface area (Å²) in [4.78, 5) is 30.9. The zero-order valence-corrected chi connectivity index (χ0v) is 17.2. The summed E-state index contributed by atoms with van der Waals surface area (Å²) < 4.78 is 5.76. The van der Waals surface area contributed by atoms with Gasteiger partial charge in [-0.25, -0.2) is 4.98 Å². The van der Waals surface area contributed by atoms with Gasteiger partial charge in [0.05, 0.1) is 17.7 Å². The molecule has 6 nitrogen and oxygen atoms in total. The highest BCUT2D eigenvalue weighted by Crippen LogP contribution is 2.34. The van der Waals surface area contributed by atoms with Crippen LogP contribution in [0.5, 0.6) is 5.75 Å². The second-order valence-electron chi connectivity index (χ2n) is 5.67. The third kappa shape index (κ3) is 4.74. The quantitative estimate of drug-likeness (QED) is 0.569. The maximum Gasteiger partial charge on any atom is 0.266 e. The highest BCUT2D eigenvalue weighted by molar-refractivity contribution is 8.26. The minimum Gasteiger partial charge on any atom is -0.496 e. The highest BCUT2D eigenvalue weighted by atomic mass is 32.2. The number of benzene rings is 1. The Morgan fingerprint density at radius 3 is 2.89 bits per heavy atom. The topological polar surface area (TPSA) is 71.5 Å². The van der Waals surface area contributed by atoms with E-state index in [2.05, 4.69) is 10.3 Å². The fraction of sp³-hybridized carbons (Fsp3) is 0.222. The number of thiazole rings is 1. The predicted molar refractivity (Wildman–Crippen MR) is 113 cm³/mol. The summed E-state index contributed by atoms with van der Waals surface area (Å²) in [5.41, 5.74) is 1.66. The molecule has 140 valence electrons. The SMILES string of the molecule is COc1ccccc1C=C1SC(=S)N(CCC(=O)Nc2nc(C)cs2)C1=O. The van der Waals surface area contributed by atoms with Gasteiger partial charge in [0.25, 0.3) is 5.91 Å². The third-order valence-electron chi connectivity index (χ3n) is 3.73. The van der Waals surface area contributed by atoms with Gasteiger partial charge >= 0.3 is 0 Å². The molecule has 1 aromatic carbocycles. The molecule has 1 saturated heterocycles. The lowest BCUT2D eigenvalue weighted by Crippen LogP contribution is -2.31. The first-order valence-corrected chi connectivity index (χ1v) is 10.2. The highest BCUT2D eigenvalue weighted by Gasteiger charge is 2.32. The van der Waals surface area contributed by atoms with E-state index in [1.54, 1.807) is 13.2 Å². The standard InChI is InChI=1S/C18H17N3O3S3/c1-11-10-26-17(19-11)20-15(22)7-8-21-16(23)14(27-18(21)25)9-12-5-3-4-6-13(12)24-2/h3-6,9-10H,7-8H2,1-2H3,(H,19,20,22). The molecule has 0 unspecified atom stereocenters. The molecular weight excluding hydrogens is 402 g/mol. The van der Waals surface area contributed by atoms with Crippen molar-refractivity contribution in [2.24, 2.45) is 0 Å². The smallest absolute Gasteiger partial charge is 0.266 e. The molecule has 1 aliphatic rings. The van der Waals surface area contributed by atoms with E-state index in [4.69, 9.17) is 17.0 Å². The fourth-order valence-corrected chi connectivity index (χ4v) is 4.43. The number of methoxy groups -OCH3 is 1. The summed E-state index contributed by atoms with van der Waals surface area (Å²) in [6.45, 7) is 2.09. The van der Waals surface area contributed by atoms with Crippen LogP contribution in [0.15, 0.2) is 34.6 Å². The number of nitrogens with one attached hydrogen (secondary N) is 1. The number of rotatable bonds is 6. The van der Waals surface area contributed by atoms with Gasteiger partial charge in [0.15, 0.2) is 5.13 Å². The van der Waals surface area contributed by atoms with Gasteiger partial charge in [0, 0.05) is 23.9 Å². The van der Waals surface area contributed by atoms with Gasteiger partial charge in [-0.3, -0.25) is 14.5 Å². The van der Waals surface area contributed by atoms with E-state index in [-0.39, 0.29) is 24.8 Å². The maximum atomic E-state index is 12.7. The number of hydrogen-bond donors (Lipinski definition) is 1. The zero-order valence-electron chi connectivity index (χ0n) is 14.7. The van der Waals surface area contributed by atoms with E-state index in [1.807, 2.05) is 36.6 Å². The molecule has 0 atom stereocenters. The first-order chi connectivity index (χ1) is 13.0. The van der Waals surface area contributed by atoms with Crippen molar-refractivity contribution >= 4 is 62.7 Å². The number of thioether (sulfide) groups is 1. The van der Waals surface area contributed by atoms with E-state index >= 15 is 0 Å². The molecule has 2 aromatic rings. The lowest BCUT2D eigenvalue weighted by molar-refractivity contribution is -0.122. The van der Waals surface area contributed by atoms with E-state index in [0.717, 1.165) is 11.3 Å². The van der Waals surface area contributed by atoms with Crippen LogP contribution in [0.3, 0.4) is 0 Å². The number of nitrogens with zero attached hydrogens (tertiary/aromatic N) is 2. The van der Waals surface area contributed by atoms with E-state index in [1.165, 1.54) is 28.0 Å². The van der Waals surface area contributed by atoms with Crippen LogP contribution < -0.4 is 10.1 Å². The van der Waals surface area contributed by atoms with Crippen LogP contribution in [-0.4, -0.2) is 39.7 Å². The van der Waals surface area contributed by atoms with Crippen LogP contribution >= 0.6 is 35.3 Å². The minimum absolute atomic E-state index is 0.146. The number of carbonyl (C=O) groups is 2. The monoisotopic (exact) mass is 419 g/mol. The van der Waals surface area contributed by atoms with Crippen molar-refractivity contribution in [2.75, 3.05) is 19.0 Å². The zero-order chi connectivity index (χ0) is 19.4. The first-order valence-electron chi connectivity index (χ1n) is 8.08. The molecule has 0 saturated carbocycles. The molecule has 0 bridgehead atoms. The van der Waals surface area contributed by atoms with Crippen molar-refractivity contribution in [3.8, 4) is 5.75 Å². The Bertz CT molecular complexity index is 923. The van der Waals surface area contributed by atoms with Crippen LogP contribution in [0.2, 0.25) is 0 Å². The maximum absolute atomic E-state index is 12.7. The Morgan fingerprint density at radius 2 is 2.19 bits per heavy atom. The number of anilines is 1. The van der Waals surface area contributed by atoms with Gasteiger partial charge in [-0.15, -0.1) is 11.3 Å². The summed E-state index contributed by atoms with van der Waals surface area (Å²) in [6.07, 6.45) is 1.91. The van der Waals surface area contributed by atoms with Gasteiger partial charge in [0.2, 0.25) is 5.91 Å². The molecule has 0 spiro atoms. The number of aromatic nitrogens is 1. The molecule has 27 heavy (non-hydrogen) atoms. The van der Waals surface area contributed by atoms with Crippen molar-refractivity contribution < 1.29 is 14.3 Å². The second kappa shape index (κ2) is 8.64. The summed E-state index contributed by atoms with van der Waals surface area (Å²) in [5, 5.41) is 5.15. The largest absolute Gasteiger partial charge is 0.496 e. The summed E-state index contributed by atoms with van der Waals surface area (Å²) in [6, 6.07) is 7.44. The van der Waals surface area contributed by atoms with Crippen molar-refractivity contribution in [1.82, 2.24) is 9.88 Å². The van der Waals surface area contributed by atoms with Gasteiger partial charge in [-0.1, -0.05) is 42.2 Å². The van der Waals surface area contributed by atoms with Crippen LogP contribution in [0, 0.1) is 6.92 Å². The van der Waals surface area contributed by atoms with Crippen LogP contribution in [-0.2, 0) is 9.59 Å². The minimum atomic E-state index is -0.202. The Kier molecular flexibility index (Phi) is 6.25. The second-order valence-corrected chi connectivity index (χ2v) is 8.20.